The molecule has 1 rings (SSSR count). The van der Waals surface area contributed by atoms with Crippen LogP contribution in [0, 0.1) is 17.7 Å². The maximum absolute atomic E-state index is 12.8. The van der Waals surface area contributed by atoms with Gasteiger partial charge in [0.15, 0.2) is 0 Å². The Morgan fingerprint density at radius 2 is 1.86 bits per heavy atom. The van der Waals surface area contributed by atoms with Crippen LogP contribution in [0.4, 0.5) is 4.39 Å². The summed E-state index contributed by atoms with van der Waals surface area (Å²) in [6.07, 6.45) is 0.698. The summed E-state index contributed by atoms with van der Waals surface area (Å²) in [4.78, 5) is 0. The van der Waals surface area contributed by atoms with Crippen LogP contribution in [0.5, 0.6) is 0 Å². The molecule has 0 saturated carbocycles. The van der Waals surface area contributed by atoms with E-state index in [0.29, 0.717) is 12.0 Å². The molecule has 0 fully saturated rings. The Kier molecular flexibility index (Phi) is 4.74. The highest BCUT2D eigenvalue weighted by molar-refractivity contribution is 9.09. The molecule has 0 unspecified atom stereocenters. The summed E-state index contributed by atoms with van der Waals surface area (Å²) >= 11 is 14.8. The zero-order valence-corrected chi connectivity index (χ0v) is 10.2. The van der Waals surface area contributed by atoms with Gasteiger partial charge < -0.3 is 0 Å². The van der Waals surface area contributed by atoms with E-state index in [1.165, 1.54) is 12.1 Å². The smallest absolute Gasteiger partial charge is 0.126 e. The molecular weight excluding hydrogens is 290 g/mol. The first kappa shape index (κ1) is 11.8. The summed E-state index contributed by atoms with van der Waals surface area (Å²) in [6.45, 7) is 0. The summed E-state index contributed by atoms with van der Waals surface area (Å²) in [7, 11) is 0. The molecule has 0 N–H and O–H groups in total. The Balaban J connectivity index is 3.04. The fraction of sp³-hybridized carbons (Fsp3) is 0.200. The van der Waals surface area contributed by atoms with Gasteiger partial charge in [-0.2, -0.15) is 0 Å². The van der Waals surface area contributed by atoms with Crippen molar-refractivity contribution in [3.63, 3.8) is 0 Å². The van der Waals surface area contributed by atoms with Crippen LogP contribution >= 0.6 is 39.1 Å². The van der Waals surface area contributed by atoms with Gasteiger partial charge in [-0.05, 0) is 12.1 Å². The fourth-order valence-corrected chi connectivity index (χ4v) is 1.61. The van der Waals surface area contributed by atoms with Crippen molar-refractivity contribution in [1.29, 1.82) is 0 Å². The summed E-state index contributed by atoms with van der Waals surface area (Å²) in [6, 6.07) is 2.40. The molecule has 0 saturated heterocycles. The minimum absolute atomic E-state index is 0.247. The van der Waals surface area contributed by atoms with E-state index in [-0.39, 0.29) is 10.0 Å². The molecule has 74 valence electrons. The van der Waals surface area contributed by atoms with E-state index in [0.717, 1.165) is 5.33 Å². The molecule has 0 amide bonds. The lowest BCUT2D eigenvalue weighted by molar-refractivity contribution is 0.628. The van der Waals surface area contributed by atoms with Gasteiger partial charge in [-0.1, -0.05) is 51.0 Å². The average molecular weight is 296 g/mol. The number of alkyl halides is 1. The Morgan fingerprint density at radius 1 is 1.29 bits per heavy atom. The van der Waals surface area contributed by atoms with Crippen molar-refractivity contribution in [2.24, 2.45) is 0 Å². The Hall–Kier alpha value is -0.230. The predicted octanol–water partition coefficient (Wildman–Crippen LogP) is 4.27. The average Bonchev–Trinajstić information content (AvgIpc) is 2.09. The molecule has 0 aliphatic rings. The number of rotatable bonds is 1. The highest BCUT2D eigenvalue weighted by atomic mass is 79.9. The van der Waals surface area contributed by atoms with Gasteiger partial charge in [-0.25, -0.2) is 4.39 Å². The molecule has 0 atom stereocenters. The van der Waals surface area contributed by atoms with E-state index < -0.39 is 5.82 Å². The first-order valence-corrected chi connectivity index (χ1v) is 5.72. The normalized spacial score (nSPS) is 9.43. The van der Waals surface area contributed by atoms with E-state index in [4.69, 9.17) is 23.2 Å². The summed E-state index contributed by atoms with van der Waals surface area (Å²) in [5.41, 5.74) is 0.482. The maximum atomic E-state index is 12.8. The molecule has 0 heterocycles. The molecule has 14 heavy (non-hydrogen) atoms. The molecule has 0 aliphatic heterocycles. The Morgan fingerprint density at radius 3 is 2.36 bits per heavy atom. The monoisotopic (exact) mass is 294 g/mol. The lowest BCUT2D eigenvalue weighted by atomic mass is 10.2. The van der Waals surface area contributed by atoms with E-state index in [1.807, 2.05) is 0 Å². The molecule has 0 aliphatic carbocycles. The van der Waals surface area contributed by atoms with Crippen molar-refractivity contribution >= 4 is 39.1 Å². The van der Waals surface area contributed by atoms with Gasteiger partial charge in [0.25, 0.3) is 0 Å². The molecule has 0 aromatic heterocycles. The quantitative estimate of drug-likeness (QED) is 0.536. The first-order chi connectivity index (χ1) is 6.65. The van der Waals surface area contributed by atoms with Gasteiger partial charge in [-0.3, -0.25) is 0 Å². The summed E-state index contributed by atoms with van der Waals surface area (Å²) < 4.78 is 12.8. The minimum Gasteiger partial charge on any atom is -0.207 e. The topological polar surface area (TPSA) is 0 Å². The largest absolute Gasteiger partial charge is 0.207 e. The zero-order chi connectivity index (χ0) is 10.6. The number of hydrogen-bond acceptors (Lipinski definition) is 0. The van der Waals surface area contributed by atoms with Crippen LogP contribution < -0.4 is 0 Å². The van der Waals surface area contributed by atoms with Crippen molar-refractivity contribution in [1.82, 2.24) is 0 Å². The molecule has 0 radical (unpaired) electrons. The van der Waals surface area contributed by atoms with Gasteiger partial charge >= 0.3 is 0 Å². The third kappa shape index (κ3) is 3.16. The van der Waals surface area contributed by atoms with E-state index in [2.05, 4.69) is 27.8 Å². The van der Waals surface area contributed by atoms with Crippen molar-refractivity contribution < 1.29 is 4.39 Å². The minimum atomic E-state index is -0.453. The van der Waals surface area contributed by atoms with Crippen molar-refractivity contribution in [2.75, 3.05) is 5.33 Å². The molecule has 1 aromatic rings. The molecule has 0 nitrogen and oxygen atoms in total. The number of benzene rings is 1. The fourth-order valence-electron chi connectivity index (χ4n) is 0.860. The number of hydrogen-bond donors (Lipinski definition) is 0. The standard InChI is InChI=1S/C10H6BrCl2F/c11-4-2-1-3-8-9(12)5-7(14)6-10(8)13/h5-6H,2,4H2. The van der Waals surface area contributed by atoms with Crippen molar-refractivity contribution in [3.8, 4) is 11.8 Å². The first-order valence-electron chi connectivity index (χ1n) is 3.84. The van der Waals surface area contributed by atoms with Crippen LogP contribution in [-0.4, -0.2) is 5.33 Å². The van der Waals surface area contributed by atoms with Gasteiger partial charge in [-0.15, -0.1) is 0 Å². The molecular formula is C10H6BrCl2F. The highest BCUT2D eigenvalue weighted by Gasteiger charge is 2.05. The molecule has 1 aromatic carbocycles. The van der Waals surface area contributed by atoms with Crippen LogP contribution in [0.3, 0.4) is 0 Å². The van der Waals surface area contributed by atoms with Crippen molar-refractivity contribution in [2.45, 2.75) is 6.42 Å². The van der Waals surface area contributed by atoms with Crippen LogP contribution in [0.15, 0.2) is 12.1 Å². The second-order valence-electron chi connectivity index (χ2n) is 2.49. The summed E-state index contributed by atoms with van der Waals surface area (Å²) in [5.74, 6) is 5.21. The van der Waals surface area contributed by atoms with Crippen LogP contribution in [0.25, 0.3) is 0 Å². The molecule has 4 heteroatoms. The third-order valence-corrected chi connectivity index (χ3v) is 2.43. The van der Waals surface area contributed by atoms with Crippen LogP contribution in [0.2, 0.25) is 10.0 Å². The van der Waals surface area contributed by atoms with Crippen molar-refractivity contribution in [3.05, 3.63) is 33.6 Å². The van der Waals surface area contributed by atoms with Gasteiger partial charge in [0, 0.05) is 11.8 Å². The van der Waals surface area contributed by atoms with Crippen LogP contribution in [-0.2, 0) is 0 Å². The third-order valence-electron chi connectivity index (χ3n) is 1.44. The summed E-state index contributed by atoms with van der Waals surface area (Å²) in [5, 5.41) is 1.28. The Labute approximate surface area is 101 Å². The number of halogens is 4. The molecule has 0 bridgehead atoms. The van der Waals surface area contributed by atoms with Gasteiger partial charge in [0.1, 0.15) is 5.82 Å². The van der Waals surface area contributed by atoms with E-state index in [9.17, 15) is 4.39 Å². The van der Waals surface area contributed by atoms with Gasteiger partial charge in [0.2, 0.25) is 0 Å². The lowest BCUT2D eigenvalue weighted by Crippen LogP contribution is -1.83. The zero-order valence-electron chi connectivity index (χ0n) is 7.08. The van der Waals surface area contributed by atoms with E-state index >= 15 is 0 Å². The second kappa shape index (κ2) is 5.60. The second-order valence-corrected chi connectivity index (χ2v) is 4.09. The van der Waals surface area contributed by atoms with E-state index in [1.54, 1.807) is 0 Å². The van der Waals surface area contributed by atoms with Crippen LogP contribution in [0.1, 0.15) is 12.0 Å². The maximum Gasteiger partial charge on any atom is 0.126 e. The molecule has 0 spiro atoms. The van der Waals surface area contributed by atoms with Gasteiger partial charge in [0.05, 0.1) is 15.6 Å². The SMILES string of the molecule is Fc1cc(Cl)c(C#CCCBr)c(Cl)c1. The highest BCUT2D eigenvalue weighted by Crippen LogP contribution is 2.24. The lowest BCUT2D eigenvalue weighted by Gasteiger charge is -1.99. The predicted molar refractivity (Wildman–Crippen MR) is 61.7 cm³/mol. The Bertz CT molecular complexity index is 370.